The molecule has 0 aliphatic heterocycles. The van der Waals surface area contributed by atoms with Gasteiger partial charge in [-0.05, 0) is 42.5 Å². The van der Waals surface area contributed by atoms with E-state index in [0.29, 0.717) is 24.7 Å². The van der Waals surface area contributed by atoms with Gasteiger partial charge < -0.3 is 10.3 Å². The maximum absolute atomic E-state index is 13.1. The zero-order valence-corrected chi connectivity index (χ0v) is 11.3. The summed E-state index contributed by atoms with van der Waals surface area (Å²) in [5.41, 5.74) is 6.83. The summed E-state index contributed by atoms with van der Waals surface area (Å²) in [7, 11) is 0. The Hall–Kier alpha value is -1.75. The van der Waals surface area contributed by atoms with Crippen LogP contribution in [0, 0.1) is 11.2 Å². The second-order valence-corrected chi connectivity index (χ2v) is 5.65. The van der Waals surface area contributed by atoms with E-state index in [0.717, 1.165) is 24.8 Å². The number of halogens is 1. The minimum atomic E-state index is -0.247. The number of nitrogens with two attached hydrogens (primary N) is 1. The highest BCUT2D eigenvalue weighted by Crippen LogP contribution is 2.42. The van der Waals surface area contributed by atoms with Crippen LogP contribution < -0.4 is 5.73 Å². The molecule has 0 spiro atoms. The van der Waals surface area contributed by atoms with Gasteiger partial charge in [-0.2, -0.15) is 4.98 Å². The fourth-order valence-corrected chi connectivity index (χ4v) is 2.71. The van der Waals surface area contributed by atoms with Crippen molar-refractivity contribution in [3.63, 3.8) is 0 Å². The number of aromatic nitrogens is 2. The van der Waals surface area contributed by atoms with Gasteiger partial charge in [-0.25, -0.2) is 4.39 Å². The van der Waals surface area contributed by atoms with Gasteiger partial charge in [-0.3, -0.25) is 0 Å². The third-order valence-electron chi connectivity index (χ3n) is 4.13. The molecule has 5 heteroatoms. The lowest BCUT2D eigenvalue weighted by molar-refractivity contribution is 0.129. The molecule has 0 unspecified atom stereocenters. The van der Waals surface area contributed by atoms with E-state index in [1.54, 1.807) is 6.07 Å². The monoisotopic (exact) mass is 275 g/mol. The molecule has 0 atom stereocenters. The minimum Gasteiger partial charge on any atom is -0.339 e. The first-order chi connectivity index (χ1) is 9.69. The second kappa shape index (κ2) is 5.32. The van der Waals surface area contributed by atoms with Crippen molar-refractivity contribution in [3.8, 4) is 0 Å². The summed E-state index contributed by atoms with van der Waals surface area (Å²) in [5, 5.41) is 3.97. The molecular formula is C15H18FN3O. The SMILES string of the molecule is NCC1(Cc2nc(Cc3cccc(F)c3)no2)CCC1. The van der Waals surface area contributed by atoms with Crippen LogP contribution in [0.2, 0.25) is 0 Å². The molecule has 0 saturated heterocycles. The van der Waals surface area contributed by atoms with Crippen molar-refractivity contribution in [1.29, 1.82) is 0 Å². The molecule has 1 fully saturated rings. The molecule has 0 radical (unpaired) electrons. The highest BCUT2D eigenvalue weighted by molar-refractivity contribution is 5.19. The molecule has 1 heterocycles. The van der Waals surface area contributed by atoms with E-state index in [1.807, 2.05) is 6.07 Å². The Morgan fingerprint density at radius 1 is 1.35 bits per heavy atom. The van der Waals surface area contributed by atoms with Crippen molar-refractivity contribution in [2.75, 3.05) is 6.54 Å². The van der Waals surface area contributed by atoms with E-state index in [1.165, 1.54) is 18.6 Å². The van der Waals surface area contributed by atoms with Crippen LogP contribution in [-0.2, 0) is 12.8 Å². The predicted molar refractivity (Wildman–Crippen MR) is 72.5 cm³/mol. The summed E-state index contributed by atoms with van der Waals surface area (Å²) in [6.07, 6.45) is 4.72. The van der Waals surface area contributed by atoms with Crippen LogP contribution in [0.3, 0.4) is 0 Å². The number of hydrogen-bond acceptors (Lipinski definition) is 4. The quantitative estimate of drug-likeness (QED) is 0.910. The van der Waals surface area contributed by atoms with Gasteiger partial charge in [0.1, 0.15) is 5.82 Å². The van der Waals surface area contributed by atoms with Crippen molar-refractivity contribution < 1.29 is 8.91 Å². The van der Waals surface area contributed by atoms with Gasteiger partial charge >= 0.3 is 0 Å². The van der Waals surface area contributed by atoms with Crippen LogP contribution in [-0.4, -0.2) is 16.7 Å². The van der Waals surface area contributed by atoms with Crippen LogP contribution in [0.4, 0.5) is 4.39 Å². The Balaban J connectivity index is 1.67. The molecule has 0 bridgehead atoms. The predicted octanol–water partition coefficient (Wildman–Crippen LogP) is 2.47. The van der Waals surface area contributed by atoms with Crippen LogP contribution in [0.1, 0.15) is 36.5 Å². The summed E-state index contributed by atoms with van der Waals surface area (Å²) >= 11 is 0. The zero-order chi connectivity index (χ0) is 14.0. The lowest BCUT2D eigenvalue weighted by atomic mass is 9.67. The van der Waals surface area contributed by atoms with Crippen molar-refractivity contribution in [1.82, 2.24) is 10.1 Å². The van der Waals surface area contributed by atoms with Gasteiger partial charge in [0.2, 0.25) is 5.89 Å². The molecule has 1 aliphatic carbocycles. The van der Waals surface area contributed by atoms with E-state index in [2.05, 4.69) is 10.1 Å². The first kappa shape index (κ1) is 13.2. The average molecular weight is 275 g/mol. The highest BCUT2D eigenvalue weighted by atomic mass is 19.1. The largest absolute Gasteiger partial charge is 0.339 e. The second-order valence-electron chi connectivity index (χ2n) is 5.65. The van der Waals surface area contributed by atoms with Crippen molar-refractivity contribution in [2.45, 2.75) is 32.1 Å². The third-order valence-corrected chi connectivity index (χ3v) is 4.13. The summed E-state index contributed by atoms with van der Waals surface area (Å²) in [4.78, 5) is 4.39. The Kier molecular flexibility index (Phi) is 3.53. The topological polar surface area (TPSA) is 64.9 Å². The smallest absolute Gasteiger partial charge is 0.227 e. The molecule has 3 rings (SSSR count). The van der Waals surface area contributed by atoms with Crippen molar-refractivity contribution >= 4 is 0 Å². The van der Waals surface area contributed by atoms with Gasteiger partial charge in [0.15, 0.2) is 5.82 Å². The van der Waals surface area contributed by atoms with Gasteiger partial charge in [-0.1, -0.05) is 23.7 Å². The minimum absolute atomic E-state index is 0.155. The fraction of sp³-hybridized carbons (Fsp3) is 0.467. The molecular weight excluding hydrogens is 257 g/mol. The van der Waals surface area contributed by atoms with Crippen LogP contribution in [0.15, 0.2) is 28.8 Å². The Morgan fingerprint density at radius 3 is 2.85 bits per heavy atom. The standard InChI is InChI=1S/C15H18FN3O/c16-12-4-1-3-11(7-12)8-13-18-14(20-19-13)9-15(10-17)5-2-6-15/h1,3-4,7H,2,5-6,8-10,17H2. The van der Waals surface area contributed by atoms with E-state index < -0.39 is 0 Å². The van der Waals surface area contributed by atoms with Crippen molar-refractivity contribution in [2.24, 2.45) is 11.1 Å². The molecule has 4 nitrogen and oxygen atoms in total. The molecule has 0 amide bonds. The lowest BCUT2D eigenvalue weighted by Crippen LogP contribution is -2.39. The van der Waals surface area contributed by atoms with Crippen LogP contribution in [0.5, 0.6) is 0 Å². The zero-order valence-electron chi connectivity index (χ0n) is 11.3. The summed E-state index contributed by atoms with van der Waals surface area (Å²) in [5.74, 6) is 0.987. The van der Waals surface area contributed by atoms with Crippen molar-refractivity contribution in [3.05, 3.63) is 47.4 Å². The molecule has 20 heavy (non-hydrogen) atoms. The number of nitrogens with zero attached hydrogens (tertiary/aromatic N) is 2. The summed E-state index contributed by atoms with van der Waals surface area (Å²) in [6.45, 7) is 0.661. The molecule has 2 aromatic rings. The number of hydrogen-bond donors (Lipinski definition) is 1. The number of benzene rings is 1. The normalized spacial score (nSPS) is 16.9. The Bertz CT molecular complexity index is 587. The van der Waals surface area contributed by atoms with Gasteiger partial charge in [0, 0.05) is 12.8 Å². The Morgan fingerprint density at radius 2 is 2.20 bits per heavy atom. The molecule has 1 aromatic heterocycles. The van der Waals surface area contributed by atoms with Gasteiger partial charge in [0.05, 0.1) is 0 Å². The molecule has 1 aliphatic rings. The van der Waals surface area contributed by atoms with E-state index in [9.17, 15) is 4.39 Å². The van der Waals surface area contributed by atoms with Crippen LogP contribution >= 0.6 is 0 Å². The lowest BCUT2D eigenvalue weighted by Gasteiger charge is -2.39. The van der Waals surface area contributed by atoms with Gasteiger partial charge in [-0.15, -0.1) is 0 Å². The first-order valence-electron chi connectivity index (χ1n) is 6.95. The maximum atomic E-state index is 13.1. The third kappa shape index (κ3) is 2.72. The fourth-order valence-electron chi connectivity index (χ4n) is 2.71. The molecule has 106 valence electrons. The van der Waals surface area contributed by atoms with Gasteiger partial charge in [0.25, 0.3) is 0 Å². The Labute approximate surface area is 117 Å². The first-order valence-corrected chi connectivity index (χ1v) is 6.95. The maximum Gasteiger partial charge on any atom is 0.227 e. The molecule has 1 saturated carbocycles. The van der Waals surface area contributed by atoms with E-state index in [-0.39, 0.29) is 11.2 Å². The molecule has 2 N–H and O–H groups in total. The average Bonchev–Trinajstić information content (AvgIpc) is 2.81. The van der Waals surface area contributed by atoms with E-state index >= 15 is 0 Å². The summed E-state index contributed by atoms with van der Waals surface area (Å²) in [6, 6.07) is 6.45. The summed E-state index contributed by atoms with van der Waals surface area (Å²) < 4.78 is 18.4. The number of rotatable bonds is 5. The van der Waals surface area contributed by atoms with Crippen LogP contribution in [0.25, 0.3) is 0 Å². The van der Waals surface area contributed by atoms with E-state index in [4.69, 9.17) is 10.3 Å². The molecule has 1 aromatic carbocycles. The highest BCUT2D eigenvalue weighted by Gasteiger charge is 2.37.